The van der Waals surface area contributed by atoms with E-state index in [9.17, 15) is 8.42 Å². The quantitative estimate of drug-likeness (QED) is 0.869. The molecule has 0 saturated heterocycles. The minimum atomic E-state index is -3.48. The highest BCUT2D eigenvalue weighted by Crippen LogP contribution is 2.32. The number of sulfonamides is 1. The third-order valence-corrected chi connectivity index (χ3v) is 6.63. The fourth-order valence-electron chi connectivity index (χ4n) is 3.27. The van der Waals surface area contributed by atoms with Crippen molar-refractivity contribution in [2.24, 2.45) is 5.92 Å². The molecule has 1 aliphatic rings. The van der Waals surface area contributed by atoms with Crippen molar-refractivity contribution in [1.29, 1.82) is 0 Å². The van der Waals surface area contributed by atoms with Crippen molar-refractivity contribution in [1.82, 2.24) is 4.31 Å². The highest BCUT2D eigenvalue weighted by atomic mass is 32.2. The van der Waals surface area contributed by atoms with Gasteiger partial charge in [-0.1, -0.05) is 32.8 Å². The maximum absolute atomic E-state index is 13.0. The van der Waals surface area contributed by atoms with Crippen LogP contribution in [0.2, 0.25) is 0 Å². The first-order valence-electron chi connectivity index (χ1n) is 7.74. The maximum Gasteiger partial charge on any atom is 0.243 e. The fourth-order valence-corrected chi connectivity index (χ4v) is 5.08. The second-order valence-corrected chi connectivity index (χ2v) is 8.04. The molecule has 1 fully saturated rings. The van der Waals surface area contributed by atoms with E-state index in [2.05, 4.69) is 6.92 Å². The number of nitrogen functional groups attached to an aromatic ring is 1. The molecule has 2 atom stereocenters. The lowest BCUT2D eigenvalue weighted by atomic mass is 9.86. The first-order chi connectivity index (χ1) is 9.87. The molecule has 0 spiro atoms. The number of anilines is 1. The smallest absolute Gasteiger partial charge is 0.243 e. The molecule has 5 heteroatoms. The molecule has 1 aromatic carbocycles. The van der Waals surface area contributed by atoms with Crippen LogP contribution in [0.25, 0.3) is 0 Å². The molecule has 0 heterocycles. The number of nitrogens with two attached hydrogens (primary N) is 1. The Bertz CT molecular complexity index is 598. The summed E-state index contributed by atoms with van der Waals surface area (Å²) in [5, 5.41) is 0. The van der Waals surface area contributed by atoms with E-state index in [-0.39, 0.29) is 6.04 Å². The van der Waals surface area contributed by atoms with E-state index in [1.54, 1.807) is 23.5 Å². The molecule has 1 saturated carbocycles. The zero-order valence-corrected chi connectivity index (χ0v) is 14.0. The number of hydrogen-bond donors (Lipinski definition) is 1. The van der Waals surface area contributed by atoms with Crippen LogP contribution < -0.4 is 5.73 Å². The molecule has 118 valence electrons. The van der Waals surface area contributed by atoms with Gasteiger partial charge in [0.1, 0.15) is 0 Å². The molecule has 0 aliphatic heterocycles. The van der Waals surface area contributed by atoms with Gasteiger partial charge in [-0.25, -0.2) is 8.42 Å². The van der Waals surface area contributed by atoms with Crippen LogP contribution in [0.15, 0.2) is 23.1 Å². The van der Waals surface area contributed by atoms with Crippen LogP contribution in [-0.4, -0.2) is 25.8 Å². The monoisotopic (exact) mass is 310 g/mol. The lowest BCUT2D eigenvalue weighted by Gasteiger charge is -2.35. The maximum atomic E-state index is 13.0. The van der Waals surface area contributed by atoms with Crippen LogP contribution in [-0.2, 0) is 16.4 Å². The van der Waals surface area contributed by atoms with Crippen molar-refractivity contribution >= 4 is 15.7 Å². The van der Waals surface area contributed by atoms with Gasteiger partial charge in [-0.05, 0) is 42.9 Å². The van der Waals surface area contributed by atoms with Crippen LogP contribution in [0.4, 0.5) is 5.69 Å². The molecule has 2 N–H and O–H groups in total. The van der Waals surface area contributed by atoms with Gasteiger partial charge in [-0.2, -0.15) is 4.31 Å². The summed E-state index contributed by atoms with van der Waals surface area (Å²) in [6.45, 7) is 4.11. The molecule has 0 radical (unpaired) electrons. The van der Waals surface area contributed by atoms with Gasteiger partial charge in [0.25, 0.3) is 0 Å². The number of hydrogen-bond acceptors (Lipinski definition) is 3. The molecular formula is C16H26N2O2S. The highest BCUT2D eigenvalue weighted by molar-refractivity contribution is 7.89. The average molecular weight is 310 g/mol. The minimum Gasteiger partial charge on any atom is -0.399 e. The Morgan fingerprint density at radius 2 is 1.95 bits per heavy atom. The fraction of sp³-hybridized carbons (Fsp3) is 0.625. The predicted molar refractivity (Wildman–Crippen MR) is 86.6 cm³/mol. The van der Waals surface area contributed by atoms with Crippen molar-refractivity contribution in [2.75, 3.05) is 12.8 Å². The molecule has 0 aromatic heterocycles. The minimum absolute atomic E-state index is 0.0925. The lowest BCUT2D eigenvalue weighted by Crippen LogP contribution is -2.42. The van der Waals surface area contributed by atoms with Gasteiger partial charge in [0, 0.05) is 18.8 Å². The Labute approximate surface area is 128 Å². The third kappa shape index (κ3) is 3.24. The largest absolute Gasteiger partial charge is 0.399 e. The van der Waals surface area contributed by atoms with E-state index in [4.69, 9.17) is 5.73 Å². The Balaban J connectivity index is 2.39. The summed E-state index contributed by atoms with van der Waals surface area (Å²) in [6.07, 6.45) is 5.03. The summed E-state index contributed by atoms with van der Waals surface area (Å²) in [7, 11) is -1.77. The normalized spacial score (nSPS) is 23.4. The van der Waals surface area contributed by atoms with Gasteiger partial charge in [-0.15, -0.1) is 0 Å². The summed E-state index contributed by atoms with van der Waals surface area (Å²) in [5.74, 6) is 0.407. The lowest BCUT2D eigenvalue weighted by molar-refractivity contribution is 0.213. The van der Waals surface area contributed by atoms with Crippen LogP contribution in [0.5, 0.6) is 0 Å². The molecule has 2 rings (SSSR count). The standard InChI is InChI=1S/C16H26N2O2S/c1-4-13-9-10-14(17)11-16(13)21(19,20)18(3)15-8-6-5-7-12(15)2/h9-12,15H,4-8,17H2,1-3H3. The zero-order valence-electron chi connectivity index (χ0n) is 13.2. The van der Waals surface area contributed by atoms with Crippen LogP contribution in [0, 0.1) is 5.92 Å². The van der Waals surface area contributed by atoms with E-state index in [0.717, 1.165) is 24.8 Å². The SMILES string of the molecule is CCc1ccc(N)cc1S(=O)(=O)N(C)C1CCCCC1C. The average Bonchev–Trinajstić information content (AvgIpc) is 2.47. The van der Waals surface area contributed by atoms with Gasteiger partial charge < -0.3 is 5.73 Å². The van der Waals surface area contributed by atoms with E-state index >= 15 is 0 Å². The van der Waals surface area contributed by atoms with Crippen molar-refractivity contribution in [3.63, 3.8) is 0 Å². The van der Waals surface area contributed by atoms with E-state index < -0.39 is 10.0 Å². The first-order valence-corrected chi connectivity index (χ1v) is 9.18. The molecule has 2 unspecified atom stereocenters. The molecule has 1 aromatic rings. The second kappa shape index (κ2) is 6.36. The molecule has 4 nitrogen and oxygen atoms in total. The van der Waals surface area contributed by atoms with Crippen LogP contribution in [0.3, 0.4) is 0 Å². The van der Waals surface area contributed by atoms with Crippen LogP contribution in [0.1, 0.15) is 45.1 Å². The third-order valence-electron chi connectivity index (χ3n) is 4.66. The number of nitrogens with zero attached hydrogens (tertiary/aromatic N) is 1. The van der Waals surface area contributed by atoms with Gasteiger partial charge in [0.05, 0.1) is 4.90 Å². The van der Waals surface area contributed by atoms with E-state index in [1.807, 2.05) is 13.0 Å². The van der Waals surface area contributed by atoms with Crippen molar-refractivity contribution in [2.45, 2.75) is 56.9 Å². The number of rotatable bonds is 4. The van der Waals surface area contributed by atoms with Crippen LogP contribution >= 0.6 is 0 Å². The summed E-state index contributed by atoms with van der Waals surface area (Å²) < 4.78 is 27.5. The van der Waals surface area contributed by atoms with Crippen molar-refractivity contribution in [3.8, 4) is 0 Å². The number of benzene rings is 1. The van der Waals surface area contributed by atoms with Gasteiger partial charge in [-0.3, -0.25) is 0 Å². The summed E-state index contributed by atoms with van der Waals surface area (Å²) in [6, 6.07) is 5.27. The van der Waals surface area contributed by atoms with Gasteiger partial charge in [0.15, 0.2) is 0 Å². The predicted octanol–water partition coefficient (Wildman–Crippen LogP) is 3.03. The van der Waals surface area contributed by atoms with Gasteiger partial charge in [0.2, 0.25) is 10.0 Å². The second-order valence-electron chi connectivity index (χ2n) is 6.07. The Morgan fingerprint density at radius 1 is 1.29 bits per heavy atom. The first kappa shape index (κ1) is 16.3. The summed E-state index contributed by atoms with van der Waals surface area (Å²) >= 11 is 0. The van der Waals surface area contributed by atoms with Crippen molar-refractivity contribution in [3.05, 3.63) is 23.8 Å². The Morgan fingerprint density at radius 3 is 2.57 bits per heavy atom. The van der Waals surface area contributed by atoms with Gasteiger partial charge >= 0.3 is 0 Å². The van der Waals surface area contributed by atoms with E-state index in [1.165, 1.54) is 6.42 Å². The summed E-state index contributed by atoms with van der Waals surface area (Å²) in [4.78, 5) is 0.366. The zero-order chi connectivity index (χ0) is 15.6. The molecular weight excluding hydrogens is 284 g/mol. The molecule has 0 bridgehead atoms. The van der Waals surface area contributed by atoms with E-state index in [0.29, 0.717) is 22.9 Å². The Kier molecular flexibility index (Phi) is 4.94. The topological polar surface area (TPSA) is 63.4 Å². The van der Waals surface area contributed by atoms with Crippen molar-refractivity contribution < 1.29 is 8.42 Å². The Hall–Kier alpha value is -1.07. The molecule has 21 heavy (non-hydrogen) atoms. The summed E-state index contributed by atoms with van der Waals surface area (Å²) in [5.41, 5.74) is 7.13. The molecule has 1 aliphatic carbocycles. The highest BCUT2D eigenvalue weighted by Gasteiger charge is 2.33. The number of aryl methyl sites for hydroxylation is 1. The molecule has 0 amide bonds.